The number of anilines is 1. The molecule has 1 aliphatic rings. The molecule has 0 aliphatic carbocycles. The molecule has 0 saturated heterocycles. The summed E-state index contributed by atoms with van der Waals surface area (Å²) < 4.78 is 103. The Morgan fingerprint density at radius 1 is 1.13 bits per heavy atom. The lowest BCUT2D eigenvalue weighted by atomic mass is 9.97. The van der Waals surface area contributed by atoms with Crippen molar-refractivity contribution >= 4 is 17.7 Å². The van der Waals surface area contributed by atoms with E-state index in [2.05, 4.69) is 33.7 Å². The van der Waals surface area contributed by atoms with E-state index in [1.54, 1.807) is 0 Å². The van der Waals surface area contributed by atoms with Crippen molar-refractivity contribution in [2.45, 2.75) is 57.2 Å². The zero-order valence-corrected chi connectivity index (χ0v) is 24.8. The minimum absolute atomic E-state index is 0.0357. The van der Waals surface area contributed by atoms with E-state index in [1.807, 2.05) is 0 Å². The van der Waals surface area contributed by atoms with Crippen LogP contribution in [0.5, 0.6) is 0 Å². The van der Waals surface area contributed by atoms with E-state index in [0.717, 1.165) is 11.0 Å². The Morgan fingerprint density at radius 2 is 1.82 bits per heavy atom. The highest BCUT2D eigenvalue weighted by atomic mass is 19.4. The predicted molar refractivity (Wildman–Crippen MR) is 150 cm³/mol. The molecule has 2 amide bonds. The molecule has 2 aromatic heterocycles. The molecule has 0 radical (unpaired) electrons. The average molecular weight is 644 g/mol. The number of amides is 2. The predicted octanol–water partition coefficient (Wildman–Crippen LogP) is 6.99. The summed E-state index contributed by atoms with van der Waals surface area (Å²) in [6.07, 6.45) is -6.03. The minimum atomic E-state index is -5.16. The number of ether oxygens (including phenoxy) is 2. The SMILES string of the molecule is C=C/C=C(\C=C)COC1(C(F)(F)F)C/C=C/CCN(C)C(=O)c2nc(c(NC(=O)OC(C)(C)C)cc2C(F)(F)F)-c2nnc1o2. The summed E-state index contributed by atoms with van der Waals surface area (Å²) in [4.78, 5) is 30.5. The van der Waals surface area contributed by atoms with Gasteiger partial charge in [0, 0.05) is 20.0 Å². The number of nitrogens with one attached hydrogen (secondary N) is 1. The molecule has 3 heterocycles. The van der Waals surface area contributed by atoms with Gasteiger partial charge in [-0.1, -0.05) is 43.5 Å². The molecule has 0 fully saturated rings. The minimum Gasteiger partial charge on any atom is -0.444 e. The van der Waals surface area contributed by atoms with Gasteiger partial charge in [-0.3, -0.25) is 10.1 Å². The van der Waals surface area contributed by atoms with Crippen molar-refractivity contribution in [3.8, 4) is 11.6 Å². The molecule has 2 aromatic rings. The van der Waals surface area contributed by atoms with Crippen LogP contribution in [-0.2, 0) is 21.3 Å². The van der Waals surface area contributed by atoms with Crippen LogP contribution in [-0.4, -0.2) is 64.1 Å². The fourth-order valence-corrected chi connectivity index (χ4v) is 4.02. The molecular weight excluding hydrogens is 612 g/mol. The number of fused-ring (bicyclic) bond motifs is 5. The Kier molecular flexibility index (Phi) is 10.3. The first-order valence-electron chi connectivity index (χ1n) is 13.3. The maximum Gasteiger partial charge on any atom is 0.426 e. The number of carbonyl (C=O) groups is 2. The van der Waals surface area contributed by atoms with Gasteiger partial charge in [-0.05, 0) is 38.8 Å². The van der Waals surface area contributed by atoms with E-state index in [4.69, 9.17) is 13.9 Å². The zero-order chi connectivity index (χ0) is 33.8. The standard InChI is InChI=1S/C29H31F6N5O5/c1-7-12-17(8-2)16-43-27(29(33,34)35)13-10-9-11-14-40(6)23(41)20-18(28(30,31)32)15-19(36-25(42)45-26(3,4)5)21(37-20)22-38-39-24(27)44-22/h7-10,12,15H,1-2,11,13-14,16H2,3-6H3,(H,36,42)/b10-9+,17-12+. The quantitative estimate of drug-likeness (QED) is 0.203. The summed E-state index contributed by atoms with van der Waals surface area (Å²) in [5.74, 6) is -3.11. The third-order valence-corrected chi connectivity index (χ3v) is 6.23. The first kappa shape index (κ1) is 35.0. The van der Waals surface area contributed by atoms with Gasteiger partial charge in [0.25, 0.3) is 17.7 Å². The number of allylic oxidation sites excluding steroid dienone is 2. The van der Waals surface area contributed by atoms with Gasteiger partial charge in [0.05, 0.1) is 17.9 Å². The molecule has 1 aliphatic heterocycles. The Hall–Kier alpha value is -4.47. The van der Waals surface area contributed by atoms with Crippen LogP contribution in [0.1, 0.15) is 55.6 Å². The van der Waals surface area contributed by atoms with Crippen molar-refractivity contribution in [1.82, 2.24) is 20.1 Å². The van der Waals surface area contributed by atoms with E-state index in [1.165, 1.54) is 52.1 Å². The second-order valence-electron chi connectivity index (χ2n) is 10.8. The molecule has 0 aromatic carbocycles. The lowest BCUT2D eigenvalue weighted by Crippen LogP contribution is -2.45. The number of pyridine rings is 1. The van der Waals surface area contributed by atoms with Crippen LogP contribution >= 0.6 is 0 Å². The monoisotopic (exact) mass is 643 g/mol. The van der Waals surface area contributed by atoms with Gasteiger partial charge >= 0.3 is 18.4 Å². The number of aromatic nitrogens is 3. The zero-order valence-electron chi connectivity index (χ0n) is 24.8. The van der Waals surface area contributed by atoms with Gasteiger partial charge in [0.15, 0.2) is 5.69 Å². The number of hydrogen-bond donors (Lipinski definition) is 1. The maximum absolute atomic E-state index is 14.9. The van der Waals surface area contributed by atoms with Crippen molar-refractivity contribution in [2.24, 2.45) is 0 Å². The van der Waals surface area contributed by atoms with Gasteiger partial charge in [-0.2, -0.15) is 26.3 Å². The van der Waals surface area contributed by atoms with Gasteiger partial charge in [-0.15, -0.1) is 10.2 Å². The third-order valence-electron chi connectivity index (χ3n) is 6.23. The molecule has 1 unspecified atom stereocenters. The van der Waals surface area contributed by atoms with Crippen LogP contribution in [0, 0.1) is 0 Å². The molecule has 45 heavy (non-hydrogen) atoms. The second kappa shape index (κ2) is 13.3. The number of carbonyl (C=O) groups excluding carboxylic acids is 2. The lowest BCUT2D eigenvalue weighted by Gasteiger charge is -2.32. The fraction of sp³-hybridized carbons (Fsp3) is 0.414. The second-order valence-corrected chi connectivity index (χ2v) is 10.8. The van der Waals surface area contributed by atoms with Crippen LogP contribution in [0.2, 0.25) is 0 Å². The van der Waals surface area contributed by atoms with Gasteiger partial charge in [-0.25, -0.2) is 9.78 Å². The Labute approximate surface area is 254 Å². The number of nitrogens with zero attached hydrogens (tertiary/aromatic N) is 4. The highest BCUT2D eigenvalue weighted by molar-refractivity contribution is 5.97. The molecule has 4 bridgehead atoms. The van der Waals surface area contributed by atoms with Crippen molar-refractivity contribution in [3.05, 3.63) is 72.3 Å². The van der Waals surface area contributed by atoms with Gasteiger partial charge < -0.3 is 18.8 Å². The average Bonchev–Trinajstić information content (AvgIpc) is 3.40. The van der Waals surface area contributed by atoms with Crippen molar-refractivity contribution in [1.29, 1.82) is 0 Å². The van der Waals surface area contributed by atoms with Crippen molar-refractivity contribution in [3.63, 3.8) is 0 Å². The van der Waals surface area contributed by atoms with E-state index in [9.17, 15) is 35.9 Å². The van der Waals surface area contributed by atoms with E-state index < -0.39 is 83.0 Å². The fourth-order valence-electron chi connectivity index (χ4n) is 4.02. The molecule has 10 nitrogen and oxygen atoms in total. The number of rotatable bonds is 6. The largest absolute Gasteiger partial charge is 0.444 e. The summed E-state index contributed by atoms with van der Waals surface area (Å²) in [7, 11) is 1.20. The summed E-state index contributed by atoms with van der Waals surface area (Å²) >= 11 is 0. The maximum atomic E-state index is 14.9. The highest BCUT2D eigenvalue weighted by Gasteiger charge is 2.61. The molecule has 3 rings (SSSR count). The summed E-state index contributed by atoms with van der Waals surface area (Å²) in [5, 5.41) is 9.27. The molecule has 0 saturated carbocycles. The molecule has 16 heteroatoms. The van der Waals surface area contributed by atoms with Crippen LogP contribution in [0.4, 0.5) is 36.8 Å². The van der Waals surface area contributed by atoms with Crippen LogP contribution in [0.3, 0.4) is 0 Å². The molecule has 1 N–H and O–H groups in total. The van der Waals surface area contributed by atoms with Crippen LogP contribution in [0.25, 0.3) is 11.6 Å². The number of hydrogen-bond acceptors (Lipinski definition) is 8. The summed E-state index contributed by atoms with van der Waals surface area (Å²) in [6, 6.07) is 0.396. The first-order chi connectivity index (χ1) is 20.8. The number of alkyl halides is 6. The number of halogens is 6. The topological polar surface area (TPSA) is 120 Å². The van der Waals surface area contributed by atoms with Crippen molar-refractivity contribution in [2.75, 3.05) is 25.5 Å². The van der Waals surface area contributed by atoms with Crippen LogP contribution < -0.4 is 5.32 Å². The first-order valence-corrected chi connectivity index (χ1v) is 13.3. The molecule has 0 spiro atoms. The third kappa shape index (κ3) is 8.17. The molecule has 1 atom stereocenters. The Balaban J connectivity index is 2.34. The summed E-state index contributed by atoms with van der Waals surface area (Å²) in [5.41, 5.74) is -8.18. The Morgan fingerprint density at radius 3 is 2.40 bits per heavy atom. The van der Waals surface area contributed by atoms with E-state index >= 15 is 0 Å². The normalized spacial score (nSPS) is 19.0. The van der Waals surface area contributed by atoms with Crippen LogP contribution in [0.15, 0.2) is 59.6 Å². The molecular formula is C29H31F6N5O5. The van der Waals surface area contributed by atoms with Gasteiger partial charge in [0.1, 0.15) is 11.3 Å². The van der Waals surface area contributed by atoms with Gasteiger partial charge in [0.2, 0.25) is 5.60 Å². The summed E-state index contributed by atoms with van der Waals surface area (Å²) in [6.45, 7) is 10.7. The lowest BCUT2D eigenvalue weighted by molar-refractivity contribution is -0.289. The van der Waals surface area contributed by atoms with Crippen molar-refractivity contribution < 1.29 is 49.8 Å². The highest BCUT2D eigenvalue weighted by Crippen LogP contribution is 2.46. The Bertz CT molecular complexity index is 1510. The van der Waals surface area contributed by atoms with E-state index in [-0.39, 0.29) is 18.5 Å². The smallest absolute Gasteiger partial charge is 0.426 e. The molecule has 244 valence electrons. The van der Waals surface area contributed by atoms with E-state index in [0.29, 0.717) is 6.07 Å².